The highest BCUT2D eigenvalue weighted by molar-refractivity contribution is 8.14. The van der Waals surface area contributed by atoms with Crippen molar-refractivity contribution in [3.63, 3.8) is 0 Å². The Morgan fingerprint density at radius 2 is 2.29 bits per heavy atom. The van der Waals surface area contributed by atoms with Crippen molar-refractivity contribution in [2.24, 2.45) is 5.92 Å². The van der Waals surface area contributed by atoms with Crippen molar-refractivity contribution in [3.8, 4) is 0 Å². The van der Waals surface area contributed by atoms with Crippen LogP contribution in [0.1, 0.15) is 13.3 Å². The molecule has 0 N–H and O–H groups in total. The Kier molecular flexibility index (Phi) is 4.81. The zero-order chi connectivity index (χ0) is 10.6. The maximum atomic E-state index is 11.2. The van der Waals surface area contributed by atoms with Crippen LogP contribution in [-0.2, 0) is 14.3 Å². The van der Waals surface area contributed by atoms with E-state index < -0.39 is 0 Å². The Morgan fingerprint density at radius 1 is 1.57 bits per heavy atom. The summed E-state index contributed by atoms with van der Waals surface area (Å²) in [6.45, 7) is 1.57. The lowest BCUT2D eigenvalue weighted by molar-refractivity contribution is -0.144. The second kappa shape index (κ2) is 5.66. The highest BCUT2D eigenvalue weighted by Gasteiger charge is 2.31. The molecule has 1 fully saturated rings. The van der Waals surface area contributed by atoms with Gasteiger partial charge in [-0.3, -0.25) is 9.59 Å². The molecule has 14 heavy (non-hydrogen) atoms. The van der Waals surface area contributed by atoms with Crippen LogP contribution in [0.5, 0.6) is 0 Å². The average Bonchev–Trinajstić information content (AvgIpc) is 2.62. The maximum Gasteiger partial charge on any atom is 0.309 e. The Labute approximate surface area is 92.3 Å². The van der Waals surface area contributed by atoms with Gasteiger partial charge in [-0.2, -0.15) is 11.8 Å². The van der Waals surface area contributed by atoms with E-state index in [-0.39, 0.29) is 17.0 Å². The first kappa shape index (κ1) is 11.9. The Bertz CT molecular complexity index is 230. The third-order valence-electron chi connectivity index (χ3n) is 2.09. The first-order valence-electron chi connectivity index (χ1n) is 4.46. The van der Waals surface area contributed by atoms with E-state index in [1.54, 1.807) is 18.7 Å². The van der Waals surface area contributed by atoms with Crippen LogP contribution in [0.4, 0.5) is 0 Å². The first-order chi connectivity index (χ1) is 6.63. The molecule has 2 unspecified atom stereocenters. The van der Waals surface area contributed by atoms with Gasteiger partial charge < -0.3 is 4.74 Å². The van der Waals surface area contributed by atoms with Crippen LogP contribution in [0.15, 0.2) is 0 Å². The summed E-state index contributed by atoms with van der Waals surface area (Å²) in [5.74, 6) is 1.55. The fraction of sp³-hybridized carbons (Fsp3) is 0.778. The number of carbonyl (C=O) groups is 2. The van der Waals surface area contributed by atoms with Crippen molar-refractivity contribution in [1.29, 1.82) is 0 Å². The van der Waals surface area contributed by atoms with E-state index in [2.05, 4.69) is 4.74 Å². The minimum absolute atomic E-state index is 0.0301. The molecule has 1 aliphatic rings. The second-order valence-corrected chi connectivity index (χ2v) is 5.74. The van der Waals surface area contributed by atoms with Crippen LogP contribution in [0.3, 0.4) is 0 Å². The minimum atomic E-state index is -0.118. The smallest absolute Gasteiger partial charge is 0.309 e. The zero-order valence-corrected chi connectivity index (χ0v) is 9.95. The number of carbonyl (C=O) groups excluding carboxylic acids is 2. The lowest BCUT2D eigenvalue weighted by Gasteiger charge is -2.07. The van der Waals surface area contributed by atoms with Crippen molar-refractivity contribution in [1.82, 2.24) is 0 Å². The summed E-state index contributed by atoms with van der Waals surface area (Å²) in [6.07, 6.45) is 0.845. The number of hydrogen-bond acceptors (Lipinski definition) is 5. The van der Waals surface area contributed by atoms with E-state index in [0.29, 0.717) is 5.25 Å². The third-order valence-corrected chi connectivity index (χ3v) is 4.70. The standard InChI is InChI=1S/C9H14O3S2/c1-6(10)13-5-8-3-7(4-14-8)9(11)12-2/h7-8H,3-5H2,1-2H3. The number of rotatable bonds is 3. The molecule has 0 bridgehead atoms. The lowest BCUT2D eigenvalue weighted by Crippen LogP contribution is -2.16. The summed E-state index contributed by atoms with van der Waals surface area (Å²) in [7, 11) is 1.42. The fourth-order valence-electron chi connectivity index (χ4n) is 1.36. The molecule has 3 nitrogen and oxygen atoms in total. The van der Waals surface area contributed by atoms with Crippen LogP contribution >= 0.6 is 23.5 Å². The number of hydrogen-bond donors (Lipinski definition) is 0. The Morgan fingerprint density at radius 3 is 2.86 bits per heavy atom. The third kappa shape index (κ3) is 3.53. The molecule has 0 radical (unpaired) electrons. The van der Waals surface area contributed by atoms with Gasteiger partial charge in [-0.25, -0.2) is 0 Å². The Balaban J connectivity index is 2.27. The van der Waals surface area contributed by atoms with Gasteiger partial charge in [0.2, 0.25) is 0 Å². The number of methoxy groups -OCH3 is 1. The molecule has 0 aromatic heterocycles. The van der Waals surface area contributed by atoms with Gasteiger partial charge in [0.1, 0.15) is 0 Å². The number of ether oxygens (including phenoxy) is 1. The first-order valence-corrected chi connectivity index (χ1v) is 6.49. The van der Waals surface area contributed by atoms with Gasteiger partial charge >= 0.3 is 5.97 Å². The molecule has 0 aliphatic carbocycles. The molecule has 0 spiro atoms. The van der Waals surface area contributed by atoms with Crippen LogP contribution in [0.25, 0.3) is 0 Å². The molecular weight excluding hydrogens is 220 g/mol. The molecule has 2 atom stereocenters. The predicted molar refractivity (Wildman–Crippen MR) is 59.5 cm³/mol. The summed E-state index contributed by atoms with van der Waals surface area (Å²) >= 11 is 3.10. The Hall–Kier alpha value is -0.160. The van der Waals surface area contributed by atoms with E-state index in [1.165, 1.54) is 18.9 Å². The van der Waals surface area contributed by atoms with Gasteiger partial charge in [0.15, 0.2) is 5.12 Å². The topological polar surface area (TPSA) is 43.4 Å². The molecule has 0 aromatic rings. The summed E-state index contributed by atoms with van der Waals surface area (Å²) in [6, 6.07) is 0. The fourth-order valence-corrected chi connectivity index (χ4v) is 3.65. The summed E-state index contributed by atoms with van der Waals surface area (Å²) < 4.78 is 4.68. The van der Waals surface area contributed by atoms with E-state index >= 15 is 0 Å². The van der Waals surface area contributed by atoms with Crippen LogP contribution < -0.4 is 0 Å². The number of esters is 1. The highest BCUT2D eigenvalue weighted by atomic mass is 32.2. The monoisotopic (exact) mass is 234 g/mol. The molecule has 0 amide bonds. The van der Waals surface area contributed by atoms with Crippen molar-refractivity contribution in [3.05, 3.63) is 0 Å². The van der Waals surface area contributed by atoms with Crippen molar-refractivity contribution < 1.29 is 14.3 Å². The van der Waals surface area contributed by atoms with Gasteiger partial charge in [-0.05, 0) is 6.42 Å². The van der Waals surface area contributed by atoms with Crippen molar-refractivity contribution >= 4 is 34.6 Å². The van der Waals surface area contributed by atoms with Gasteiger partial charge in [0.25, 0.3) is 0 Å². The van der Waals surface area contributed by atoms with Gasteiger partial charge in [-0.15, -0.1) is 0 Å². The average molecular weight is 234 g/mol. The highest BCUT2D eigenvalue weighted by Crippen LogP contribution is 2.34. The van der Waals surface area contributed by atoms with Crippen LogP contribution in [-0.4, -0.2) is 35.0 Å². The van der Waals surface area contributed by atoms with Gasteiger partial charge in [-0.1, -0.05) is 11.8 Å². The summed E-state index contributed by atoms with van der Waals surface area (Å²) in [5.41, 5.74) is 0. The van der Waals surface area contributed by atoms with Gasteiger partial charge in [0.05, 0.1) is 13.0 Å². The van der Waals surface area contributed by atoms with Crippen LogP contribution in [0.2, 0.25) is 0 Å². The summed E-state index contributed by atoms with van der Waals surface area (Å²) in [5, 5.41) is 0.570. The molecule has 0 aromatic carbocycles. The van der Waals surface area contributed by atoms with E-state index in [4.69, 9.17) is 0 Å². The molecule has 80 valence electrons. The quantitative estimate of drug-likeness (QED) is 0.693. The lowest BCUT2D eigenvalue weighted by atomic mass is 10.1. The molecule has 5 heteroatoms. The second-order valence-electron chi connectivity index (χ2n) is 3.21. The maximum absolute atomic E-state index is 11.2. The molecule has 1 saturated heterocycles. The molecule has 1 rings (SSSR count). The molecule has 1 heterocycles. The largest absolute Gasteiger partial charge is 0.469 e. The van der Waals surface area contributed by atoms with E-state index in [1.807, 2.05) is 0 Å². The SMILES string of the molecule is COC(=O)C1CSC(CSC(C)=O)C1. The van der Waals surface area contributed by atoms with Gasteiger partial charge in [0, 0.05) is 23.7 Å². The summed E-state index contributed by atoms with van der Waals surface area (Å²) in [4.78, 5) is 21.9. The molecular formula is C9H14O3S2. The normalized spacial score (nSPS) is 26.1. The van der Waals surface area contributed by atoms with Crippen molar-refractivity contribution in [2.45, 2.75) is 18.6 Å². The number of thioether (sulfide) groups is 2. The molecule has 1 aliphatic heterocycles. The van der Waals surface area contributed by atoms with Crippen molar-refractivity contribution in [2.75, 3.05) is 18.6 Å². The molecule has 0 saturated carbocycles. The zero-order valence-electron chi connectivity index (χ0n) is 8.32. The van der Waals surface area contributed by atoms with Crippen LogP contribution in [0, 0.1) is 5.92 Å². The van der Waals surface area contributed by atoms with E-state index in [9.17, 15) is 9.59 Å². The predicted octanol–water partition coefficient (Wildman–Crippen LogP) is 1.56. The van der Waals surface area contributed by atoms with E-state index in [0.717, 1.165) is 17.9 Å². The minimum Gasteiger partial charge on any atom is -0.469 e.